The molecule has 1 N–H and O–H groups in total. The number of fused-ring (bicyclic) bond motifs is 1. The van der Waals surface area contributed by atoms with Crippen LogP contribution < -0.4 is 4.57 Å². The monoisotopic (exact) mass is 462 g/mol. The molecule has 1 aliphatic rings. The van der Waals surface area contributed by atoms with Crippen molar-refractivity contribution in [3.8, 4) is 0 Å². The molecule has 0 spiro atoms. The predicted octanol–water partition coefficient (Wildman–Crippen LogP) is 1.51. The molecule has 3 rings (SSSR count). The summed E-state index contributed by atoms with van der Waals surface area (Å²) in [6.45, 7) is 0.855. The van der Waals surface area contributed by atoms with E-state index in [-0.39, 0.29) is 0 Å². The number of aryl methyl sites for hydroxylation is 1. The minimum Gasteiger partial charge on any atom is -0.279 e. The molecule has 0 atom stereocenters. The molecule has 0 saturated heterocycles. The van der Waals surface area contributed by atoms with Crippen LogP contribution in [0.2, 0.25) is 5.02 Å². The second kappa shape index (κ2) is 7.99. The van der Waals surface area contributed by atoms with Crippen molar-refractivity contribution in [2.45, 2.75) is 18.5 Å². The maximum absolute atomic E-state index is 12.5. The lowest BCUT2D eigenvalue weighted by atomic mass is 10.0. The summed E-state index contributed by atoms with van der Waals surface area (Å²) >= 11 is 5.96. The fourth-order valence-electron chi connectivity index (χ4n) is 2.39. The average Bonchev–Trinajstić information content (AvgIpc) is 3.00. The largest absolute Gasteiger partial charge is 0.522 e. The van der Waals surface area contributed by atoms with Gasteiger partial charge in [-0.1, -0.05) is 17.7 Å². The Morgan fingerprint density at radius 2 is 1.79 bits per heavy atom. The maximum Gasteiger partial charge on any atom is 0.522 e. The minimum absolute atomic E-state index is 0.386. The van der Waals surface area contributed by atoms with E-state index in [9.17, 15) is 21.6 Å². The van der Waals surface area contributed by atoms with E-state index in [1.54, 1.807) is 36.4 Å². The molecule has 28 heavy (non-hydrogen) atoms. The van der Waals surface area contributed by atoms with Crippen LogP contribution in [0.3, 0.4) is 0 Å². The summed E-state index contributed by atoms with van der Waals surface area (Å²) in [5, 5.41) is 0.692. The van der Waals surface area contributed by atoms with Crippen LogP contribution in [0.15, 0.2) is 36.9 Å². The lowest BCUT2D eigenvalue weighted by Crippen LogP contribution is -2.39. The lowest BCUT2D eigenvalue weighted by molar-refractivity contribution is -0.670. The van der Waals surface area contributed by atoms with Crippen molar-refractivity contribution in [2.75, 3.05) is 6.54 Å². The summed E-state index contributed by atoms with van der Waals surface area (Å²) in [5.41, 5.74) is -3.39. The van der Waals surface area contributed by atoms with E-state index in [0.29, 0.717) is 24.5 Å². The van der Waals surface area contributed by atoms with Gasteiger partial charge in [-0.05, 0) is 29.7 Å². The molecule has 156 valence electrons. The first kappa shape index (κ1) is 22.6. The molecule has 0 aliphatic carbocycles. The Morgan fingerprint density at radius 1 is 1.18 bits per heavy atom. The van der Waals surface area contributed by atoms with E-state index in [0.717, 1.165) is 11.1 Å². The van der Waals surface area contributed by atoms with E-state index in [4.69, 9.17) is 24.6 Å². The molecule has 2 aromatic rings. The highest BCUT2D eigenvalue weighted by molar-refractivity contribution is 7.87. The predicted molar refractivity (Wildman–Crippen MR) is 93.1 cm³/mol. The Kier molecular flexibility index (Phi) is 6.45. The Balaban J connectivity index is 0.000000300. The molecule has 0 unspecified atom stereocenters. The van der Waals surface area contributed by atoms with Crippen LogP contribution in [0, 0.1) is 0 Å². The third kappa shape index (κ3) is 5.23. The van der Waals surface area contributed by atoms with Gasteiger partial charge in [-0.15, -0.1) is 3.97 Å². The smallest absolute Gasteiger partial charge is 0.279 e. The van der Waals surface area contributed by atoms with E-state index in [1.165, 1.54) is 8.28 Å². The van der Waals surface area contributed by atoms with Crippen LogP contribution >= 0.6 is 11.6 Å². The van der Waals surface area contributed by atoms with Crippen LogP contribution in [0.1, 0.15) is 11.1 Å². The van der Waals surface area contributed by atoms with E-state index in [2.05, 4.69) is 0 Å². The zero-order valence-electron chi connectivity index (χ0n) is 14.3. The molecule has 1 aromatic heterocycles. The molecule has 0 bridgehead atoms. The quantitative estimate of drug-likeness (QED) is 0.414. The standard InChI is InChI=1S/C13H15ClN3O2S.CHF3O3S/c1-15-6-7-17(10-15)20(18,19)16-5-4-11-8-13(14)3-2-12(11)9-16;2-1(3,4)8(5,6)7/h2-3,6-8,10H,4-5,9H2,1H3;(H,5,6,7)/q+1;. The number of alkyl halides is 3. The number of aromatic nitrogens is 2. The van der Waals surface area contributed by atoms with E-state index >= 15 is 0 Å². The lowest BCUT2D eigenvalue weighted by Gasteiger charge is -2.26. The number of imidazole rings is 1. The molecular formula is C14H16ClF3N3O5S2+. The summed E-state index contributed by atoms with van der Waals surface area (Å²) < 4.78 is 87.0. The van der Waals surface area contributed by atoms with Crippen molar-refractivity contribution in [1.82, 2.24) is 8.28 Å². The van der Waals surface area contributed by atoms with Gasteiger partial charge in [0.25, 0.3) is 6.33 Å². The summed E-state index contributed by atoms with van der Waals surface area (Å²) in [6.07, 6.45) is 5.48. The minimum atomic E-state index is -5.84. The van der Waals surface area contributed by atoms with Gasteiger partial charge in [-0.2, -0.15) is 34.3 Å². The number of nitrogens with zero attached hydrogens (tertiary/aromatic N) is 3. The average molecular weight is 463 g/mol. The Labute approximate surface area is 164 Å². The molecular weight excluding hydrogens is 447 g/mol. The van der Waals surface area contributed by atoms with Crippen molar-refractivity contribution < 1.29 is 39.1 Å². The summed E-state index contributed by atoms with van der Waals surface area (Å²) in [5.74, 6) is 0. The molecule has 1 aromatic carbocycles. The highest BCUT2D eigenvalue weighted by atomic mass is 35.5. The molecule has 0 amide bonds. The van der Waals surface area contributed by atoms with Crippen LogP contribution in [-0.2, 0) is 40.3 Å². The number of hydrogen-bond donors (Lipinski definition) is 1. The van der Waals surface area contributed by atoms with Gasteiger partial charge >= 0.3 is 25.8 Å². The van der Waals surface area contributed by atoms with Gasteiger partial charge in [0, 0.05) is 18.1 Å². The first-order valence-electron chi connectivity index (χ1n) is 7.57. The Hall–Kier alpha value is -1.67. The van der Waals surface area contributed by atoms with Gasteiger partial charge in [-0.25, -0.2) is 4.57 Å². The molecule has 1 aliphatic heterocycles. The van der Waals surface area contributed by atoms with Crippen molar-refractivity contribution in [3.63, 3.8) is 0 Å². The highest BCUT2D eigenvalue weighted by Crippen LogP contribution is 2.24. The van der Waals surface area contributed by atoms with E-state index in [1.807, 2.05) is 12.1 Å². The van der Waals surface area contributed by atoms with Crippen molar-refractivity contribution in [1.29, 1.82) is 0 Å². The van der Waals surface area contributed by atoms with Crippen molar-refractivity contribution in [3.05, 3.63) is 53.1 Å². The van der Waals surface area contributed by atoms with Gasteiger partial charge in [-0.3, -0.25) is 4.55 Å². The van der Waals surface area contributed by atoms with Crippen molar-refractivity contribution in [2.24, 2.45) is 7.05 Å². The second-order valence-corrected chi connectivity index (χ2v) is 9.52. The molecule has 0 fully saturated rings. The van der Waals surface area contributed by atoms with Gasteiger partial charge in [0.05, 0.1) is 7.05 Å². The SMILES string of the molecule is C[n+]1ccn(S(=O)(=O)N2CCc3cc(Cl)ccc3C2)c1.O=S(=O)(O)C(F)(F)F. The Morgan fingerprint density at radius 3 is 2.29 bits per heavy atom. The Bertz CT molecular complexity index is 1070. The molecule has 2 heterocycles. The summed E-state index contributed by atoms with van der Waals surface area (Å²) in [4.78, 5) is 0. The summed E-state index contributed by atoms with van der Waals surface area (Å²) in [7, 11) is -7.55. The van der Waals surface area contributed by atoms with Crippen molar-refractivity contribution >= 4 is 31.9 Å². The van der Waals surface area contributed by atoms with Gasteiger partial charge in [0.2, 0.25) is 0 Å². The molecule has 0 saturated carbocycles. The maximum atomic E-state index is 12.5. The highest BCUT2D eigenvalue weighted by Gasteiger charge is 2.44. The zero-order valence-corrected chi connectivity index (χ0v) is 16.7. The van der Waals surface area contributed by atoms with Gasteiger partial charge in [0.15, 0.2) is 0 Å². The van der Waals surface area contributed by atoms with E-state index < -0.39 is 25.8 Å². The summed E-state index contributed by atoms with van der Waals surface area (Å²) in [6, 6.07) is 5.61. The fourth-order valence-corrected chi connectivity index (χ4v) is 3.95. The number of rotatable bonds is 2. The first-order chi connectivity index (χ1) is 12.7. The van der Waals surface area contributed by atoms with Crippen LogP contribution in [0.4, 0.5) is 13.2 Å². The van der Waals surface area contributed by atoms with Crippen LogP contribution in [-0.4, -0.2) is 41.7 Å². The third-order valence-electron chi connectivity index (χ3n) is 3.78. The fraction of sp³-hybridized carbons (Fsp3) is 0.357. The van der Waals surface area contributed by atoms with Gasteiger partial charge in [0.1, 0.15) is 12.4 Å². The third-order valence-corrected chi connectivity index (χ3v) is 6.31. The molecule has 8 nitrogen and oxygen atoms in total. The zero-order chi connectivity index (χ0) is 21.3. The molecule has 0 radical (unpaired) electrons. The second-order valence-electron chi connectivity index (χ2n) is 5.83. The molecule has 14 heteroatoms. The number of benzene rings is 1. The first-order valence-corrected chi connectivity index (χ1v) is 10.8. The topological polar surface area (TPSA) is 101 Å². The number of hydrogen-bond acceptors (Lipinski definition) is 4. The normalized spacial score (nSPS) is 15.5. The van der Waals surface area contributed by atoms with Crippen LogP contribution in [0.25, 0.3) is 0 Å². The number of halogens is 4. The van der Waals surface area contributed by atoms with Gasteiger partial charge < -0.3 is 0 Å². The van der Waals surface area contributed by atoms with Crippen LogP contribution in [0.5, 0.6) is 0 Å².